The van der Waals surface area contributed by atoms with Gasteiger partial charge < -0.3 is 19.1 Å². The predicted octanol–water partition coefficient (Wildman–Crippen LogP) is 3.25. The van der Waals surface area contributed by atoms with Gasteiger partial charge in [0.15, 0.2) is 11.5 Å². The van der Waals surface area contributed by atoms with Gasteiger partial charge in [-0.2, -0.15) is 0 Å². The SMILES string of the molecule is COc1ccc(C(=O)N2CCC(N3CCC(Oc4ccncc4)CC3)CC2)cc1OC. The van der Waals surface area contributed by atoms with Gasteiger partial charge in [0.25, 0.3) is 5.91 Å². The van der Waals surface area contributed by atoms with Crippen molar-refractivity contribution in [2.24, 2.45) is 0 Å². The molecule has 4 rings (SSSR count). The molecule has 2 aliphatic rings. The molecule has 1 amide bonds. The minimum Gasteiger partial charge on any atom is -0.493 e. The summed E-state index contributed by atoms with van der Waals surface area (Å²) in [5, 5.41) is 0. The van der Waals surface area contributed by atoms with E-state index in [2.05, 4.69) is 9.88 Å². The van der Waals surface area contributed by atoms with Gasteiger partial charge in [-0.1, -0.05) is 0 Å². The fraction of sp³-hybridized carbons (Fsp3) is 0.500. The molecule has 31 heavy (non-hydrogen) atoms. The van der Waals surface area contributed by atoms with Crippen LogP contribution < -0.4 is 14.2 Å². The number of carbonyl (C=O) groups is 1. The van der Waals surface area contributed by atoms with Crippen LogP contribution in [0.3, 0.4) is 0 Å². The number of carbonyl (C=O) groups excluding carboxylic acids is 1. The fourth-order valence-electron chi connectivity index (χ4n) is 4.55. The van der Waals surface area contributed by atoms with E-state index in [1.807, 2.05) is 23.1 Å². The van der Waals surface area contributed by atoms with Gasteiger partial charge in [0.2, 0.25) is 0 Å². The molecule has 2 aliphatic heterocycles. The van der Waals surface area contributed by atoms with Crippen molar-refractivity contribution in [2.75, 3.05) is 40.4 Å². The molecule has 2 saturated heterocycles. The maximum Gasteiger partial charge on any atom is 0.253 e. The highest BCUT2D eigenvalue weighted by Gasteiger charge is 2.30. The van der Waals surface area contributed by atoms with Crippen molar-refractivity contribution in [3.05, 3.63) is 48.3 Å². The lowest BCUT2D eigenvalue weighted by molar-refractivity contribution is 0.0425. The average molecular weight is 426 g/mol. The van der Waals surface area contributed by atoms with Gasteiger partial charge in [-0.15, -0.1) is 0 Å². The number of amides is 1. The molecule has 2 fully saturated rings. The minimum absolute atomic E-state index is 0.0591. The van der Waals surface area contributed by atoms with Crippen molar-refractivity contribution in [1.82, 2.24) is 14.8 Å². The summed E-state index contributed by atoms with van der Waals surface area (Å²) in [6.07, 6.45) is 7.89. The van der Waals surface area contributed by atoms with E-state index in [9.17, 15) is 4.79 Å². The summed E-state index contributed by atoms with van der Waals surface area (Å²) in [5.41, 5.74) is 0.644. The van der Waals surface area contributed by atoms with Crippen molar-refractivity contribution in [2.45, 2.75) is 37.8 Å². The van der Waals surface area contributed by atoms with Crippen LogP contribution in [0.5, 0.6) is 17.2 Å². The zero-order chi connectivity index (χ0) is 21.6. The third kappa shape index (κ3) is 5.10. The van der Waals surface area contributed by atoms with E-state index in [1.54, 1.807) is 38.7 Å². The van der Waals surface area contributed by atoms with E-state index in [4.69, 9.17) is 14.2 Å². The van der Waals surface area contributed by atoms with Crippen molar-refractivity contribution in [3.8, 4) is 17.2 Å². The van der Waals surface area contributed by atoms with Gasteiger partial charge in [0.05, 0.1) is 14.2 Å². The average Bonchev–Trinajstić information content (AvgIpc) is 2.84. The maximum absolute atomic E-state index is 13.0. The molecule has 0 atom stereocenters. The molecular formula is C24H31N3O4. The highest BCUT2D eigenvalue weighted by molar-refractivity contribution is 5.95. The quantitative estimate of drug-likeness (QED) is 0.708. The van der Waals surface area contributed by atoms with Crippen LogP contribution in [0.1, 0.15) is 36.0 Å². The van der Waals surface area contributed by atoms with Gasteiger partial charge in [0, 0.05) is 50.2 Å². The molecule has 0 bridgehead atoms. The van der Waals surface area contributed by atoms with Crippen LogP contribution in [0.15, 0.2) is 42.7 Å². The topological polar surface area (TPSA) is 64.1 Å². The predicted molar refractivity (Wildman–Crippen MR) is 118 cm³/mol. The number of piperidine rings is 2. The number of nitrogens with zero attached hydrogens (tertiary/aromatic N) is 3. The molecule has 7 heteroatoms. The largest absolute Gasteiger partial charge is 0.493 e. The summed E-state index contributed by atoms with van der Waals surface area (Å²) in [7, 11) is 3.18. The number of hydrogen-bond acceptors (Lipinski definition) is 6. The number of pyridine rings is 1. The van der Waals surface area contributed by atoms with Crippen molar-refractivity contribution < 1.29 is 19.0 Å². The summed E-state index contributed by atoms with van der Waals surface area (Å²) >= 11 is 0. The first-order valence-electron chi connectivity index (χ1n) is 11.0. The normalized spacial score (nSPS) is 18.6. The molecule has 0 unspecified atom stereocenters. The number of methoxy groups -OCH3 is 2. The van der Waals surface area contributed by atoms with E-state index < -0.39 is 0 Å². The first-order valence-corrected chi connectivity index (χ1v) is 11.0. The Labute approximate surface area is 183 Å². The highest BCUT2D eigenvalue weighted by atomic mass is 16.5. The zero-order valence-corrected chi connectivity index (χ0v) is 18.3. The molecule has 0 saturated carbocycles. The standard InChI is InChI=1S/C24H31N3O4/c1-29-22-4-3-18(17-23(22)30-2)24(28)27-13-7-19(8-14-27)26-15-9-21(10-16-26)31-20-5-11-25-12-6-20/h3-6,11-12,17,19,21H,7-10,13-16H2,1-2H3. The Kier molecular flexibility index (Phi) is 6.92. The Hall–Kier alpha value is -2.80. The van der Waals surface area contributed by atoms with Crippen LogP contribution in [0, 0.1) is 0 Å². The summed E-state index contributed by atoms with van der Waals surface area (Å²) in [4.78, 5) is 21.5. The van der Waals surface area contributed by atoms with E-state index in [0.29, 0.717) is 23.1 Å². The van der Waals surface area contributed by atoms with Crippen LogP contribution in [0.2, 0.25) is 0 Å². The Morgan fingerprint density at radius 1 is 0.903 bits per heavy atom. The van der Waals surface area contributed by atoms with Gasteiger partial charge in [-0.25, -0.2) is 0 Å². The molecule has 3 heterocycles. The lowest BCUT2D eigenvalue weighted by Crippen LogP contribution is -2.50. The van der Waals surface area contributed by atoms with Crippen LogP contribution >= 0.6 is 0 Å². The summed E-state index contributed by atoms with van der Waals surface area (Å²) in [5.74, 6) is 2.17. The van der Waals surface area contributed by atoms with Gasteiger partial charge >= 0.3 is 0 Å². The van der Waals surface area contributed by atoms with Crippen LogP contribution in [0.4, 0.5) is 0 Å². The minimum atomic E-state index is 0.0591. The van der Waals surface area contributed by atoms with Crippen molar-refractivity contribution in [3.63, 3.8) is 0 Å². The molecule has 1 aromatic heterocycles. The number of hydrogen-bond donors (Lipinski definition) is 0. The molecule has 7 nitrogen and oxygen atoms in total. The third-order valence-corrected chi connectivity index (χ3v) is 6.33. The summed E-state index contributed by atoms with van der Waals surface area (Å²) < 4.78 is 16.7. The number of rotatable bonds is 6. The molecular weight excluding hydrogens is 394 g/mol. The lowest BCUT2D eigenvalue weighted by atomic mass is 9.98. The van der Waals surface area contributed by atoms with Crippen LogP contribution in [0.25, 0.3) is 0 Å². The molecule has 0 N–H and O–H groups in total. The van der Waals surface area contributed by atoms with Gasteiger partial charge in [-0.05, 0) is 56.0 Å². The highest BCUT2D eigenvalue weighted by Crippen LogP contribution is 2.29. The van der Waals surface area contributed by atoms with Crippen molar-refractivity contribution >= 4 is 5.91 Å². The van der Waals surface area contributed by atoms with E-state index in [0.717, 1.165) is 57.6 Å². The van der Waals surface area contributed by atoms with E-state index >= 15 is 0 Å². The Bertz CT molecular complexity index is 860. The fourth-order valence-corrected chi connectivity index (χ4v) is 4.55. The van der Waals surface area contributed by atoms with Crippen LogP contribution in [-0.2, 0) is 0 Å². The Morgan fingerprint density at radius 3 is 2.23 bits per heavy atom. The third-order valence-electron chi connectivity index (χ3n) is 6.33. The van der Waals surface area contributed by atoms with Gasteiger partial charge in [0.1, 0.15) is 11.9 Å². The molecule has 1 aromatic carbocycles. The maximum atomic E-state index is 13.0. The number of benzene rings is 1. The number of likely N-dealkylation sites (tertiary alicyclic amines) is 2. The summed E-state index contributed by atoms with van der Waals surface area (Å²) in [6.45, 7) is 3.66. The molecule has 166 valence electrons. The lowest BCUT2D eigenvalue weighted by Gasteiger charge is -2.41. The number of aromatic nitrogens is 1. The Morgan fingerprint density at radius 2 is 1.58 bits per heavy atom. The second-order valence-electron chi connectivity index (χ2n) is 8.13. The monoisotopic (exact) mass is 425 g/mol. The van der Waals surface area contributed by atoms with Crippen LogP contribution in [-0.4, -0.2) is 73.2 Å². The first kappa shape index (κ1) is 21.4. The number of ether oxygens (including phenoxy) is 3. The van der Waals surface area contributed by atoms with Gasteiger partial charge in [-0.3, -0.25) is 14.7 Å². The summed E-state index contributed by atoms with van der Waals surface area (Å²) in [6, 6.07) is 9.73. The Balaban J connectivity index is 1.26. The first-order chi connectivity index (χ1) is 15.2. The molecule has 0 radical (unpaired) electrons. The second-order valence-corrected chi connectivity index (χ2v) is 8.13. The smallest absolute Gasteiger partial charge is 0.253 e. The molecule has 2 aromatic rings. The van der Waals surface area contributed by atoms with E-state index in [1.165, 1.54) is 0 Å². The molecule has 0 spiro atoms. The second kappa shape index (κ2) is 10.0. The molecule has 0 aliphatic carbocycles. The van der Waals surface area contributed by atoms with Crippen molar-refractivity contribution in [1.29, 1.82) is 0 Å². The zero-order valence-electron chi connectivity index (χ0n) is 18.3. The van der Waals surface area contributed by atoms with E-state index in [-0.39, 0.29) is 12.0 Å².